The number of hydrogen-bond donors (Lipinski definition) is 1. The molecule has 0 radical (unpaired) electrons. The molecule has 0 fully saturated rings. The van der Waals surface area contributed by atoms with E-state index in [0.29, 0.717) is 11.0 Å². The number of hydrogen-bond acceptors (Lipinski definition) is 5. The van der Waals surface area contributed by atoms with Crippen LogP contribution in [0.3, 0.4) is 0 Å². The molecule has 0 aliphatic carbocycles. The van der Waals surface area contributed by atoms with Crippen LogP contribution >= 0.6 is 11.8 Å². The smallest absolute Gasteiger partial charge is 0.346 e. The molecule has 1 aromatic rings. The minimum Gasteiger partial charge on any atom is -0.369 e. The normalized spacial score (nSPS) is 10.7. The third-order valence-corrected chi connectivity index (χ3v) is 2.97. The molecule has 0 spiro atoms. The van der Waals surface area contributed by atoms with Crippen LogP contribution in [0, 0.1) is 0 Å². The van der Waals surface area contributed by atoms with Crippen molar-refractivity contribution in [2.45, 2.75) is 24.9 Å². The predicted molar refractivity (Wildman–Crippen MR) is 68.5 cm³/mol. The van der Waals surface area contributed by atoms with E-state index in [4.69, 9.17) is 5.73 Å². The van der Waals surface area contributed by atoms with Crippen molar-refractivity contribution >= 4 is 23.7 Å². The fourth-order valence-corrected chi connectivity index (χ4v) is 1.77. The molecule has 2 N–H and O–H groups in total. The van der Waals surface area contributed by atoms with Gasteiger partial charge in [-0.15, -0.1) is 5.10 Å². The Bertz CT molecular complexity index is 455. The van der Waals surface area contributed by atoms with Gasteiger partial charge < -0.3 is 10.6 Å². The van der Waals surface area contributed by atoms with Crippen LogP contribution in [0.1, 0.15) is 25.6 Å². The van der Waals surface area contributed by atoms with Gasteiger partial charge in [-0.05, 0) is 0 Å². The van der Waals surface area contributed by atoms with Crippen molar-refractivity contribution in [3.63, 3.8) is 0 Å². The Hall–Kier alpha value is -1.57. The molecule has 0 aliphatic heterocycles. The molecule has 8 heteroatoms. The second-order valence-corrected chi connectivity index (χ2v) is 5.19. The molecular weight excluding hydrogens is 254 g/mol. The van der Waals surface area contributed by atoms with Crippen molar-refractivity contribution in [3.05, 3.63) is 5.82 Å². The molecule has 0 aliphatic rings. The zero-order valence-electron chi connectivity index (χ0n) is 10.9. The molecule has 1 rings (SSSR count). The van der Waals surface area contributed by atoms with Crippen molar-refractivity contribution in [2.75, 3.05) is 19.8 Å². The van der Waals surface area contributed by atoms with Crippen LogP contribution in [0.4, 0.5) is 4.79 Å². The van der Waals surface area contributed by atoms with Crippen molar-refractivity contribution < 1.29 is 9.59 Å². The second-order valence-electron chi connectivity index (χ2n) is 4.25. The summed E-state index contributed by atoms with van der Waals surface area (Å²) in [5.74, 6) is 0.279. The number of thioether (sulfide) groups is 1. The number of carbonyl (C=O) groups is 2. The van der Waals surface area contributed by atoms with Crippen molar-refractivity contribution in [3.8, 4) is 0 Å². The Labute approximate surface area is 110 Å². The van der Waals surface area contributed by atoms with E-state index in [1.165, 1.54) is 9.58 Å². The molecule has 1 aromatic heterocycles. The maximum atomic E-state index is 11.9. The first-order chi connectivity index (χ1) is 8.32. The van der Waals surface area contributed by atoms with Gasteiger partial charge in [0, 0.05) is 20.0 Å². The lowest BCUT2D eigenvalue weighted by molar-refractivity contribution is -0.115. The Kier molecular flexibility index (Phi) is 4.71. The van der Waals surface area contributed by atoms with Crippen LogP contribution in [0.5, 0.6) is 0 Å². The molecule has 7 nitrogen and oxygen atoms in total. The van der Waals surface area contributed by atoms with Crippen molar-refractivity contribution in [2.24, 2.45) is 5.73 Å². The van der Waals surface area contributed by atoms with Gasteiger partial charge in [-0.25, -0.2) is 9.78 Å². The molecule has 1 heterocycles. The molecular formula is C10H17N5O2S. The minimum atomic E-state index is -0.460. The molecule has 0 unspecified atom stereocenters. The highest BCUT2D eigenvalue weighted by atomic mass is 32.2. The molecule has 0 bridgehead atoms. The maximum Gasteiger partial charge on any atom is 0.346 e. The Balaban J connectivity index is 3.05. The summed E-state index contributed by atoms with van der Waals surface area (Å²) in [7, 11) is 3.25. The number of primary amides is 1. The lowest BCUT2D eigenvalue weighted by Crippen LogP contribution is -2.29. The van der Waals surface area contributed by atoms with Gasteiger partial charge in [-0.1, -0.05) is 25.6 Å². The number of nitrogens with two attached hydrogens (primary N) is 1. The van der Waals surface area contributed by atoms with Gasteiger partial charge in [0.15, 0.2) is 11.0 Å². The molecule has 100 valence electrons. The SMILES string of the molecule is CC(C)c1nc(SCC(N)=O)n(C(=O)N(C)C)n1. The largest absolute Gasteiger partial charge is 0.369 e. The van der Waals surface area contributed by atoms with Gasteiger partial charge in [0.2, 0.25) is 5.91 Å². The van der Waals surface area contributed by atoms with Crippen LogP contribution in [0.15, 0.2) is 5.16 Å². The maximum absolute atomic E-state index is 11.9. The summed E-state index contributed by atoms with van der Waals surface area (Å²) in [5.41, 5.74) is 5.08. The monoisotopic (exact) mass is 271 g/mol. The summed E-state index contributed by atoms with van der Waals surface area (Å²) in [6.45, 7) is 3.87. The number of aromatic nitrogens is 3. The third kappa shape index (κ3) is 3.46. The summed E-state index contributed by atoms with van der Waals surface area (Å²) in [6, 6.07) is -0.304. The Morgan fingerprint density at radius 3 is 2.50 bits per heavy atom. The van der Waals surface area contributed by atoms with E-state index in [1.807, 2.05) is 13.8 Å². The average Bonchev–Trinajstić information content (AvgIpc) is 2.69. The van der Waals surface area contributed by atoms with Gasteiger partial charge >= 0.3 is 6.03 Å². The first kappa shape index (κ1) is 14.5. The summed E-state index contributed by atoms with van der Waals surface area (Å²) < 4.78 is 1.20. The van der Waals surface area contributed by atoms with Gasteiger partial charge in [-0.3, -0.25) is 4.79 Å². The molecule has 0 aromatic carbocycles. The van der Waals surface area contributed by atoms with Gasteiger partial charge in [-0.2, -0.15) is 4.68 Å². The van der Waals surface area contributed by atoms with Gasteiger partial charge in [0.1, 0.15) is 0 Å². The second kappa shape index (κ2) is 5.85. The summed E-state index contributed by atoms with van der Waals surface area (Å²) in [5, 5.41) is 4.54. The number of rotatable bonds is 4. The first-order valence-corrected chi connectivity index (χ1v) is 6.41. The average molecular weight is 271 g/mol. The summed E-state index contributed by atoms with van der Waals surface area (Å²) in [4.78, 5) is 28.3. The Morgan fingerprint density at radius 1 is 1.44 bits per heavy atom. The third-order valence-electron chi connectivity index (χ3n) is 2.02. The first-order valence-electron chi connectivity index (χ1n) is 5.42. The number of nitrogens with zero attached hydrogens (tertiary/aromatic N) is 4. The van der Waals surface area contributed by atoms with Crippen LogP contribution in [-0.2, 0) is 4.79 Å². The number of carbonyl (C=O) groups excluding carboxylic acids is 2. The van der Waals surface area contributed by atoms with E-state index in [0.717, 1.165) is 11.8 Å². The zero-order valence-corrected chi connectivity index (χ0v) is 11.7. The highest BCUT2D eigenvalue weighted by Gasteiger charge is 2.19. The van der Waals surface area contributed by atoms with E-state index < -0.39 is 5.91 Å². The van der Waals surface area contributed by atoms with E-state index in [-0.39, 0.29) is 17.7 Å². The van der Waals surface area contributed by atoms with Crippen molar-refractivity contribution in [1.29, 1.82) is 0 Å². The fraction of sp³-hybridized carbons (Fsp3) is 0.600. The number of amides is 2. The van der Waals surface area contributed by atoms with E-state index in [2.05, 4.69) is 10.1 Å². The minimum absolute atomic E-state index is 0.0664. The molecule has 2 amide bonds. The highest BCUT2D eigenvalue weighted by molar-refractivity contribution is 7.99. The topological polar surface area (TPSA) is 94.1 Å². The predicted octanol–water partition coefficient (Wildman–Crippen LogP) is 0.509. The standard InChI is InChI=1S/C10H17N5O2S/c1-6(2)8-12-9(18-5-7(11)16)15(13-8)10(17)14(3)4/h6H,5H2,1-4H3,(H2,11,16). The lowest BCUT2D eigenvalue weighted by Gasteiger charge is -2.10. The van der Waals surface area contributed by atoms with E-state index in [9.17, 15) is 9.59 Å². The highest BCUT2D eigenvalue weighted by Crippen LogP contribution is 2.19. The van der Waals surface area contributed by atoms with Crippen LogP contribution in [0.2, 0.25) is 0 Å². The zero-order chi connectivity index (χ0) is 13.9. The van der Waals surface area contributed by atoms with Gasteiger partial charge in [0.25, 0.3) is 0 Å². The van der Waals surface area contributed by atoms with Gasteiger partial charge in [0.05, 0.1) is 5.75 Å². The molecule has 0 saturated carbocycles. The van der Waals surface area contributed by atoms with Crippen LogP contribution in [0.25, 0.3) is 0 Å². The lowest BCUT2D eigenvalue weighted by atomic mass is 10.2. The van der Waals surface area contributed by atoms with Crippen LogP contribution < -0.4 is 5.73 Å². The van der Waals surface area contributed by atoms with E-state index in [1.54, 1.807) is 14.1 Å². The summed E-state index contributed by atoms with van der Waals surface area (Å²) in [6.07, 6.45) is 0. The quantitative estimate of drug-likeness (QED) is 0.805. The molecule has 0 saturated heterocycles. The van der Waals surface area contributed by atoms with E-state index >= 15 is 0 Å². The summed E-state index contributed by atoms with van der Waals surface area (Å²) >= 11 is 1.11. The fourth-order valence-electron chi connectivity index (χ4n) is 1.10. The molecule has 18 heavy (non-hydrogen) atoms. The molecule has 0 atom stereocenters. The van der Waals surface area contributed by atoms with Crippen LogP contribution in [-0.4, -0.2) is 51.5 Å². The van der Waals surface area contributed by atoms with Crippen molar-refractivity contribution in [1.82, 2.24) is 19.7 Å². The Morgan fingerprint density at radius 2 is 2.06 bits per heavy atom.